The van der Waals surface area contributed by atoms with Gasteiger partial charge in [-0.2, -0.15) is 0 Å². The van der Waals surface area contributed by atoms with Crippen LogP contribution >= 0.6 is 0 Å². The van der Waals surface area contributed by atoms with Gasteiger partial charge in [-0.05, 0) is 51.4 Å². The Labute approximate surface area is 208 Å². The molecule has 2 N–H and O–H groups in total. The van der Waals surface area contributed by atoms with E-state index >= 15 is 0 Å². The van der Waals surface area contributed by atoms with Crippen LogP contribution < -0.4 is 5.73 Å². The number of allylic oxidation sites excluding steroid dienone is 1. The van der Waals surface area contributed by atoms with E-state index < -0.39 is 0 Å². The molecule has 5 aromatic carbocycles. The lowest BCUT2D eigenvalue weighted by atomic mass is 9.87. The Morgan fingerprint density at radius 3 is 1.80 bits per heavy atom. The number of rotatable bonds is 7. The molecule has 0 aliphatic rings. The Morgan fingerprint density at radius 1 is 0.543 bits per heavy atom. The van der Waals surface area contributed by atoms with Crippen LogP contribution in [-0.4, -0.2) is 0 Å². The standard InChI is InChI=1S/C34H29N/c35-34(29-17-8-3-9-18-29)25-33(28-15-6-2-7-16-28)32-21-11-20-31(24-32)30-19-10-14-27(23-30)22-26-12-4-1-5-13-26/h1-21,23-25,33H,22,35H2/b34-25-. The van der Waals surface area contributed by atoms with Crippen molar-refractivity contribution in [3.63, 3.8) is 0 Å². The van der Waals surface area contributed by atoms with Gasteiger partial charge in [0, 0.05) is 11.6 Å². The molecule has 0 radical (unpaired) electrons. The molecule has 5 rings (SSSR count). The molecule has 1 heteroatoms. The van der Waals surface area contributed by atoms with Gasteiger partial charge < -0.3 is 5.73 Å². The van der Waals surface area contributed by atoms with Gasteiger partial charge in [0.1, 0.15) is 0 Å². The first-order chi connectivity index (χ1) is 17.3. The molecule has 5 aromatic rings. The second-order valence-electron chi connectivity index (χ2n) is 8.86. The Kier molecular flexibility index (Phi) is 6.87. The maximum Gasteiger partial charge on any atom is 0.0356 e. The normalized spacial score (nSPS) is 12.3. The Bertz CT molecular complexity index is 1400. The summed E-state index contributed by atoms with van der Waals surface area (Å²) in [6, 6.07) is 49.1. The van der Waals surface area contributed by atoms with Gasteiger partial charge in [-0.25, -0.2) is 0 Å². The minimum Gasteiger partial charge on any atom is -0.398 e. The SMILES string of the molecule is N/C(=C\C(c1ccccc1)c1cccc(-c2cccc(Cc3ccccc3)c2)c1)c1ccccc1. The number of hydrogen-bond acceptors (Lipinski definition) is 1. The van der Waals surface area contributed by atoms with Crippen LogP contribution in [0.15, 0.2) is 146 Å². The van der Waals surface area contributed by atoms with E-state index in [-0.39, 0.29) is 5.92 Å². The third kappa shape index (κ3) is 5.59. The minimum atomic E-state index is 0.0591. The summed E-state index contributed by atoms with van der Waals surface area (Å²) in [4.78, 5) is 0. The van der Waals surface area contributed by atoms with Gasteiger partial charge in [-0.15, -0.1) is 0 Å². The Hall–Kier alpha value is -4.36. The van der Waals surface area contributed by atoms with Gasteiger partial charge in [-0.3, -0.25) is 0 Å². The minimum absolute atomic E-state index is 0.0591. The first kappa shape index (κ1) is 22.4. The molecule has 170 valence electrons. The molecule has 0 spiro atoms. The Balaban J connectivity index is 1.51. The highest BCUT2D eigenvalue weighted by Crippen LogP contribution is 2.32. The van der Waals surface area contributed by atoms with E-state index in [9.17, 15) is 0 Å². The van der Waals surface area contributed by atoms with Crippen LogP contribution in [0, 0.1) is 0 Å². The first-order valence-electron chi connectivity index (χ1n) is 12.1. The molecule has 1 atom stereocenters. The lowest BCUT2D eigenvalue weighted by Gasteiger charge is -2.17. The summed E-state index contributed by atoms with van der Waals surface area (Å²) in [5, 5.41) is 0. The van der Waals surface area contributed by atoms with Crippen molar-refractivity contribution in [3.8, 4) is 11.1 Å². The molecule has 0 heterocycles. The van der Waals surface area contributed by atoms with Gasteiger partial charge in [0.05, 0.1) is 0 Å². The van der Waals surface area contributed by atoms with E-state index in [2.05, 4.69) is 127 Å². The van der Waals surface area contributed by atoms with Crippen LogP contribution in [0.5, 0.6) is 0 Å². The fourth-order valence-electron chi connectivity index (χ4n) is 4.56. The van der Waals surface area contributed by atoms with E-state index in [1.807, 2.05) is 18.2 Å². The van der Waals surface area contributed by atoms with Gasteiger partial charge >= 0.3 is 0 Å². The number of nitrogens with two attached hydrogens (primary N) is 1. The van der Waals surface area contributed by atoms with E-state index in [4.69, 9.17) is 5.73 Å². The second-order valence-corrected chi connectivity index (χ2v) is 8.86. The topological polar surface area (TPSA) is 26.0 Å². The molecule has 0 aliphatic heterocycles. The van der Waals surface area contributed by atoms with Gasteiger partial charge in [0.2, 0.25) is 0 Å². The van der Waals surface area contributed by atoms with Crippen molar-refractivity contribution in [2.75, 3.05) is 0 Å². The molecule has 1 nitrogen and oxygen atoms in total. The molecular weight excluding hydrogens is 422 g/mol. The predicted molar refractivity (Wildman–Crippen MR) is 148 cm³/mol. The number of benzene rings is 5. The zero-order valence-corrected chi connectivity index (χ0v) is 19.7. The summed E-state index contributed by atoms with van der Waals surface area (Å²) in [6.07, 6.45) is 3.10. The summed E-state index contributed by atoms with van der Waals surface area (Å²) >= 11 is 0. The second kappa shape index (κ2) is 10.7. The zero-order valence-electron chi connectivity index (χ0n) is 19.7. The highest BCUT2D eigenvalue weighted by Gasteiger charge is 2.14. The lowest BCUT2D eigenvalue weighted by molar-refractivity contribution is 1.02. The van der Waals surface area contributed by atoms with Crippen LogP contribution in [0.3, 0.4) is 0 Å². The van der Waals surface area contributed by atoms with Crippen molar-refractivity contribution < 1.29 is 0 Å². The fraction of sp³-hybridized carbons (Fsp3) is 0.0588. The quantitative estimate of drug-likeness (QED) is 0.266. The molecule has 0 amide bonds. The third-order valence-corrected chi connectivity index (χ3v) is 6.37. The van der Waals surface area contributed by atoms with Crippen molar-refractivity contribution in [1.29, 1.82) is 0 Å². The average Bonchev–Trinajstić information content (AvgIpc) is 2.93. The van der Waals surface area contributed by atoms with Crippen LogP contribution in [0.4, 0.5) is 0 Å². The summed E-state index contributed by atoms with van der Waals surface area (Å²) in [6.45, 7) is 0. The van der Waals surface area contributed by atoms with Crippen LogP contribution in [0.1, 0.15) is 33.7 Å². The summed E-state index contributed by atoms with van der Waals surface area (Å²) in [5.74, 6) is 0.0591. The summed E-state index contributed by atoms with van der Waals surface area (Å²) in [5.41, 5.74) is 15.9. The third-order valence-electron chi connectivity index (χ3n) is 6.37. The molecular formula is C34H29N. The molecule has 0 bridgehead atoms. The van der Waals surface area contributed by atoms with Crippen molar-refractivity contribution in [2.45, 2.75) is 12.3 Å². The average molecular weight is 452 g/mol. The Morgan fingerprint density at radius 2 is 1.09 bits per heavy atom. The van der Waals surface area contributed by atoms with Gasteiger partial charge in [0.25, 0.3) is 0 Å². The maximum absolute atomic E-state index is 6.57. The molecule has 35 heavy (non-hydrogen) atoms. The molecule has 1 unspecified atom stereocenters. The van der Waals surface area contributed by atoms with E-state index in [0.717, 1.165) is 17.7 Å². The molecule has 0 aliphatic carbocycles. The van der Waals surface area contributed by atoms with Crippen LogP contribution in [0.25, 0.3) is 16.8 Å². The van der Waals surface area contributed by atoms with Gasteiger partial charge in [0.15, 0.2) is 0 Å². The molecule has 0 aromatic heterocycles. The van der Waals surface area contributed by atoms with Crippen molar-refractivity contribution in [3.05, 3.63) is 173 Å². The molecule has 0 saturated heterocycles. The molecule has 0 saturated carbocycles. The predicted octanol–water partition coefficient (Wildman–Crippen LogP) is 8.08. The maximum atomic E-state index is 6.57. The monoisotopic (exact) mass is 451 g/mol. The van der Waals surface area contributed by atoms with Crippen molar-refractivity contribution in [2.24, 2.45) is 5.73 Å². The zero-order chi connectivity index (χ0) is 23.9. The highest BCUT2D eigenvalue weighted by atomic mass is 14.6. The number of hydrogen-bond donors (Lipinski definition) is 1. The van der Waals surface area contributed by atoms with Crippen LogP contribution in [-0.2, 0) is 6.42 Å². The highest BCUT2D eigenvalue weighted by molar-refractivity contribution is 5.68. The largest absolute Gasteiger partial charge is 0.398 e. The van der Waals surface area contributed by atoms with E-state index in [1.54, 1.807) is 0 Å². The van der Waals surface area contributed by atoms with Crippen molar-refractivity contribution in [1.82, 2.24) is 0 Å². The molecule has 0 fully saturated rings. The summed E-state index contributed by atoms with van der Waals surface area (Å²) in [7, 11) is 0. The smallest absolute Gasteiger partial charge is 0.0356 e. The lowest BCUT2D eigenvalue weighted by Crippen LogP contribution is -2.04. The van der Waals surface area contributed by atoms with E-state index in [0.29, 0.717) is 0 Å². The van der Waals surface area contributed by atoms with Crippen LogP contribution in [0.2, 0.25) is 0 Å². The fourth-order valence-corrected chi connectivity index (χ4v) is 4.56. The van der Waals surface area contributed by atoms with E-state index in [1.165, 1.54) is 33.4 Å². The first-order valence-corrected chi connectivity index (χ1v) is 12.1. The van der Waals surface area contributed by atoms with Gasteiger partial charge in [-0.1, -0.05) is 140 Å². The summed E-state index contributed by atoms with van der Waals surface area (Å²) < 4.78 is 0. The van der Waals surface area contributed by atoms with Crippen molar-refractivity contribution >= 4 is 5.70 Å².